The molecule has 0 N–H and O–H groups in total. The molecule has 37 heavy (non-hydrogen) atoms. The molecule has 0 unspecified atom stereocenters. The van der Waals surface area contributed by atoms with Gasteiger partial charge >= 0.3 is 6.36 Å². The summed E-state index contributed by atoms with van der Waals surface area (Å²) in [5.74, 6) is 0.0472. The minimum Gasteiger partial charge on any atom is -0.497 e. The molecule has 0 heterocycles. The zero-order chi connectivity index (χ0) is 26.5. The Morgan fingerprint density at radius 2 is 1.14 bits per heavy atom. The van der Waals surface area contributed by atoms with Gasteiger partial charge in [-0.15, -0.1) is 13.2 Å². The van der Waals surface area contributed by atoms with Crippen LogP contribution in [-0.4, -0.2) is 13.5 Å². The second-order valence-corrected chi connectivity index (χ2v) is 8.00. The van der Waals surface area contributed by atoms with E-state index in [0.29, 0.717) is 44.7 Å². The molecule has 0 spiro atoms. The van der Waals surface area contributed by atoms with Gasteiger partial charge in [0.15, 0.2) is 0 Å². The van der Waals surface area contributed by atoms with Crippen molar-refractivity contribution < 1.29 is 22.6 Å². The van der Waals surface area contributed by atoms with Gasteiger partial charge in [-0.2, -0.15) is 0 Å². The molecule has 3 aromatic carbocycles. The quantitative estimate of drug-likeness (QED) is 0.197. The molecule has 0 aromatic heterocycles. The van der Waals surface area contributed by atoms with Crippen LogP contribution in [0.1, 0.15) is 22.3 Å². The third-order valence-electron chi connectivity index (χ3n) is 6.18. The summed E-state index contributed by atoms with van der Waals surface area (Å²) in [6.07, 6.45) is -4.92. The number of halogens is 3. The molecule has 5 rings (SSSR count). The average molecular weight is 492 g/mol. The van der Waals surface area contributed by atoms with E-state index in [1.54, 1.807) is 30.3 Å². The van der Waals surface area contributed by atoms with E-state index in [1.165, 1.54) is 19.2 Å². The van der Waals surface area contributed by atoms with Crippen molar-refractivity contribution in [2.75, 3.05) is 7.11 Å². The number of hydrogen-bond acceptors (Lipinski definition) is 4. The first-order valence-corrected chi connectivity index (χ1v) is 10.6. The first kappa shape index (κ1) is 23.2. The van der Waals surface area contributed by atoms with Gasteiger partial charge in [-0.25, -0.2) is 20.2 Å². The Hall–Kier alpha value is -5.51. The molecule has 2 aliphatic rings. The second-order valence-electron chi connectivity index (χ2n) is 8.00. The summed E-state index contributed by atoms with van der Waals surface area (Å²) in [6.45, 7) is 15.0. The molecule has 0 amide bonds. The summed E-state index contributed by atoms with van der Waals surface area (Å²) >= 11 is 0. The van der Waals surface area contributed by atoms with Gasteiger partial charge in [0.25, 0.3) is 11.4 Å². The van der Waals surface area contributed by atoms with Crippen LogP contribution in [0.3, 0.4) is 0 Å². The lowest BCUT2D eigenvalue weighted by molar-refractivity contribution is -0.274. The fraction of sp³-hybridized carbons (Fsp3) is 0.0714. The van der Waals surface area contributed by atoms with Gasteiger partial charge in [0.05, 0.1) is 32.4 Å². The SMILES string of the molecule is [C-]#[N+]/C(C#N)=C1\c2cc(OC)ccc2-c2cc3c(cc21)/C(=C(/C#N)[N+]#[C-])c1cc(OC(F)(F)F)ccc1-3. The van der Waals surface area contributed by atoms with Crippen molar-refractivity contribution in [1.82, 2.24) is 0 Å². The highest BCUT2D eigenvalue weighted by molar-refractivity contribution is 6.10. The lowest BCUT2D eigenvalue weighted by atomic mass is 9.94. The van der Waals surface area contributed by atoms with Crippen molar-refractivity contribution >= 4 is 11.1 Å². The Balaban J connectivity index is 1.85. The van der Waals surface area contributed by atoms with Crippen LogP contribution in [0.15, 0.2) is 59.9 Å². The Labute approximate surface area is 209 Å². The summed E-state index contributed by atoms with van der Waals surface area (Å²) in [6, 6.07) is 16.3. The summed E-state index contributed by atoms with van der Waals surface area (Å²) in [7, 11) is 1.50. The van der Waals surface area contributed by atoms with Crippen LogP contribution in [-0.2, 0) is 0 Å². The minimum absolute atomic E-state index is 0.152. The van der Waals surface area contributed by atoms with Crippen molar-refractivity contribution in [2.45, 2.75) is 6.36 Å². The van der Waals surface area contributed by atoms with E-state index in [0.717, 1.165) is 11.6 Å². The first-order chi connectivity index (χ1) is 17.7. The van der Waals surface area contributed by atoms with Crippen LogP contribution >= 0.6 is 0 Å². The number of nitrogens with zero attached hydrogens (tertiary/aromatic N) is 4. The normalized spacial score (nSPS) is 15.0. The molecule has 0 fully saturated rings. The number of nitriles is 2. The number of alkyl halides is 3. The predicted molar refractivity (Wildman–Crippen MR) is 127 cm³/mol. The molecular weight excluding hydrogens is 481 g/mol. The molecule has 0 atom stereocenters. The summed E-state index contributed by atoms with van der Waals surface area (Å²) in [5, 5.41) is 19.4. The van der Waals surface area contributed by atoms with E-state index in [2.05, 4.69) is 14.4 Å². The molecule has 6 nitrogen and oxygen atoms in total. The second kappa shape index (κ2) is 8.31. The van der Waals surface area contributed by atoms with Crippen LogP contribution in [0.25, 0.3) is 43.1 Å². The molecule has 0 saturated carbocycles. The monoisotopic (exact) mass is 492 g/mol. The summed E-state index contributed by atoms with van der Waals surface area (Å²) in [4.78, 5) is 6.71. The maximum atomic E-state index is 12.9. The molecule has 0 saturated heterocycles. The van der Waals surface area contributed by atoms with Gasteiger partial charge in [0.2, 0.25) is 0 Å². The third-order valence-corrected chi connectivity index (χ3v) is 6.18. The molecule has 0 radical (unpaired) electrons. The van der Waals surface area contributed by atoms with E-state index < -0.39 is 12.1 Å². The number of hydrogen-bond donors (Lipinski definition) is 0. The highest BCUT2D eigenvalue weighted by Gasteiger charge is 2.35. The van der Waals surface area contributed by atoms with Gasteiger partial charge in [-0.3, -0.25) is 0 Å². The Morgan fingerprint density at radius 3 is 1.57 bits per heavy atom. The van der Waals surface area contributed by atoms with Crippen molar-refractivity contribution in [3.05, 3.63) is 105 Å². The Kier molecular flexibility index (Phi) is 5.22. The van der Waals surface area contributed by atoms with Crippen LogP contribution in [0, 0.1) is 35.8 Å². The predicted octanol–water partition coefficient (Wildman–Crippen LogP) is 6.96. The molecule has 0 bridgehead atoms. The number of fused-ring (bicyclic) bond motifs is 6. The van der Waals surface area contributed by atoms with Crippen LogP contribution < -0.4 is 9.47 Å². The summed E-state index contributed by atoms with van der Waals surface area (Å²) in [5.41, 5.74) is 4.49. The Morgan fingerprint density at radius 1 is 0.703 bits per heavy atom. The van der Waals surface area contributed by atoms with Crippen molar-refractivity contribution in [3.8, 4) is 45.9 Å². The summed E-state index contributed by atoms with van der Waals surface area (Å²) < 4.78 is 48.1. The zero-order valence-electron chi connectivity index (χ0n) is 18.9. The number of methoxy groups -OCH3 is 1. The van der Waals surface area contributed by atoms with E-state index in [4.69, 9.17) is 17.9 Å². The standard InChI is InChI=1S/C28H11F3N4O2/c1-34-24(12-32)26-20-8-14(36-3)4-6-16(20)18-10-19-17-7-5-15(37-28(29,30)31)9-21(17)27(25(13-33)35-2)23(19)11-22(18)26/h4-11H,3H3/b26-24+,27-25-. The lowest BCUT2D eigenvalue weighted by Crippen LogP contribution is -2.17. The van der Waals surface area contributed by atoms with E-state index in [9.17, 15) is 23.7 Å². The largest absolute Gasteiger partial charge is 0.573 e. The van der Waals surface area contributed by atoms with E-state index >= 15 is 0 Å². The van der Waals surface area contributed by atoms with Crippen LogP contribution in [0.4, 0.5) is 13.2 Å². The Bertz CT molecular complexity index is 1740. The smallest absolute Gasteiger partial charge is 0.497 e. The van der Waals surface area contributed by atoms with Gasteiger partial charge in [-0.1, -0.05) is 12.1 Å². The number of ether oxygens (including phenoxy) is 2. The van der Waals surface area contributed by atoms with Gasteiger partial charge in [0.1, 0.15) is 11.5 Å². The van der Waals surface area contributed by atoms with E-state index in [1.807, 2.05) is 12.1 Å². The lowest BCUT2D eigenvalue weighted by Gasteiger charge is -2.11. The first-order valence-electron chi connectivity index (χ1n) is 10.6. The molecule has 2 aliphatic carbocycles. The fourth-order valence-corrected chi connectivity index (χ4v) is 4.79. The molecular formula is C28H11F3N4O2. The highest BCUT2D eigenvalue weighted by atomic mass is 19.4. The zero-order valence-corrected chi connectivity index (χ0v) is 18.9. The van der Waals surface area contributed by atoms with Gasteiger partial charge in [0, 0.05) is 11.1 Å². The maximum Gasteiger partial charge on any atom is 0.573 e. The fourth-order valence-electron chi connectivity index (χ4n) is 4.79. The average Bonchev–Trinajstić information content (AvgIpc) is 3.35. The molecule has 176 valence electrons. The topological polar surface area (TPSA) is 74.8 Å². The number of allylic oxidation sites excluding steroid dienone is 2. The molecule has 0 aliphatic heterocycles. The van der Waals surface area contributed by atoms with Crippen molar-refractivity contribution in [2.24, 2.45) is 0 Å². The van der Waals surface area contributed by atoms with Crippen LogP contribution in [0.5, 0.6) is 11.5 Å². The molecule has 3 aromatic rings. The minimum atomic E-state index is -4.92. The number of benzene rings is 3. The van der Waals surface area contributed by atoms with Gasteiger partial charge in [-0.05, 0) is 80.9 Å². The highest BCUT2D eigenvalue weighted by Crippen LogP contribution is 2.54. The maximum absolute atomic E-state index is 12.9. The van der Waals surface area contributed by atoms with Crippen LogP contribution in [0.2, 0.25) is 0 Å². The number of rotatable bonds is 2. The van der Waals surface area contributed by atoms with Crippen molar-refractivity contribution in [3.63, 3.8) is 0 Å². The third kappa shape index (κ3) is 3.55. The molecule has 9 heteroatoms. The van der Waals surface area contributed by atoms with E-state index in [-0.39, 0.29) is 22.5 Å². The van der Waals surface area contributed by atoms with Crippen molar-refractivity contribution in [1.29, 1.82) is 10.5 Å². The van der Waals surface area contributed by atoms with Gasteiger partial charge < -0.3 is 9.47 Å².